The van der Waals surface area contributed by atoms with Crippen molar-refractivity contribution in [1.82, 2.24) is 9.55 Å². The predicted octanol–water partition coefficient (Wildman–Crippen LogP) is 2.24. The zero-order valence-electron chi connectivity index (χ0n) is 8.13. The predicted molar refractivity (Wildman–Crippen MR) is 58.1 cm³/mol. The quantitative estimate of drug-likeness (QED) is 0.560. The van der Waals surface area contributed by atoms with Gasteiger partial charge in [0.25, 0.3) is 0 Å². The average Bonchev–Trinajstić information content (AvgIpc) is 2.82. The largest absolute Gasteiger partial charge is 0.306 e. The lowest BCUT2D eigenvalue weighted by Crippen LogP contribution is -1.95. The van der Waals surface area contributed by atoms with Crippen LogP contribution in [0.15, 0.2) is 55.6 Å². The van der Waals surface area contributed by atoms with Gasteiger partial charge in [0.1, 0.15) is 0 Å². The fourth-order valence-corrected chi connectivity index (χ4v) is 1.33. The average molecular weight is 198 g/mol. The standard InChI is InChI=1S/C12H10N2O/c1-2-12(15)10-3-5-11(6-4-10)14-8-7-13-9-14/h2-9H,1H2. The molecule has 0 N–H and O–H groups in total. The van der Waals surface area contributed by atoms with Crippen molar-refractivity contribution in [2.45, 2.75) is 0 Å². The summed E-state index contributed by atoms with van der Waals surface area (Å²) < 4.78 is 1.88. The molecule has 0 bridgehead atoms. The molecule has 0 aliphatic rings. The number of hydrogen-bond acceptors (Lipinski definition) is 2. The van der Waals surface area contributed by atoms with Crippen LogP contribution >= 0.6 is 0 Å². The van der Waals surface area contributed by atoms with Gasteiger partial charge in [0, 0.05) is 23.6 Å². The smallest absolute Gasteiger partial charge is 0.185 e. The Morgan fingerprint density at radius 3 is 2.60 bits per heavy atom. The minimum Gasteiger partial charge on any atom is -0.306 e. The normalized spacial score (nSPS) is 9.87. The summed E-state index contributed by atoms with van der Waals surface area (Å²) in [6, 6.07) is 7.30. The second-order valence-corrected chi connectivity index (χ2v) is 3.09. The third kappa shape index (κ3) is 1.86. The van der Waals surface area contributed by atoms with E-state index >= 15 is 0 Å². The van der Waals surface area contributed by atoms with E-state index in [1.165, 1.54) is 6.08 Å². The van der Waals surface area contributed by atoms with E-state index in [4.69, 9.17) is 0 Å². The number of benzene rings is 1. The molecule has 0 saturated heterocycles. The van der Waals surface area contributed by atoms with Gasteiger partial charge in [0.15, 0.2) is 5.78 Å². The van der Waals surface area contributed by atoms with Crippen LogP contribution in [0, 0.1) is 0 Å². The molecule has 3 nitrogen and oxygen atoms in total. The molecule has 2 rings (SSSR count). The number of aromatic nitrogens is 2. The molecule has 74 valence electrons. The highest BCUT2D eigenvalue weighted by Gasteiger charge is 2.00. The van der Waals surface area contributed by atoms with Crippen LogP contribution in [-0.4, -0.2) is 15.3 Å². The number of nitrogens with zero attached hydrogens (tertiary/aromatic N) is 2. The van der Waals surface area contributed by atoms with Crippen molar-refractivity contribution in [2.24, 2.45) is 0 Å². The van der Waals surface area contributed by atoms with Crippen molar-refractivity contribution in [3.8, 4) is 5.69 Å². The van der Waals surface area contributed by atoms with Gasteiger partial charge in [-0.3, -0.25) is 4.79 Å². The van der Waals surface area contributed by atoms with Crippen LogP contribution in [0.4, 0.5) is 0 Å². The van der Waals surface area contributed by atoms with Gasteiger partial charge in [-0.05, 0) is 30.3 Å². The molecule has 0 aliphatic heterocycles. The molecule has 0 unspecified atom stereocenters. The fraction of sp³-hybridized carbons (Fsp3) is 0. The molecule has 1 heterocycles. The van der Waals surface area contributed by atoms with Crippen molar-refractivity contribution < 1.29 is 4.79 Å². The molecule has 2 aromatic rings. The van der Waals surface area contributed by atoms with Crippen LogP contribution < -0.4 is 0 Å². The summed E-state index contributed by atoms with van der Waals surface area (Å²) in [6.45, 7) is 3.44. The Morgan fingerprint density at radius 1 is 1.33 bits per heavy atom. The van der Waals surface area contributed by atoms with Gasteiger partial charge >= 0.3 is 0 Å². The molecule has 1 aromatic heterocycles. The van der Waals surface area contributed by atoms with Crippen molar-refractivity contribution in [1.29, 1.82) is 0 Å². The second kappa shape index (κ2) is 3.92. The molecule has 0 amide bonds. The molecular weight excluding hydrogens is 188 g/mol. The topological polar surface area (TPSA) is 34.9 Å². The zero-order valence-corrected chi connectivity index (χ0v) is 8.13. The van der Waals surface area contributed by atoms with Gasteiger partial charge in [-0.2, -0.15) is 0 Å². The number of carbonyl (C=O) groups excluding carboxylic acids is 1. The Hall–Kier alpha value is -2.16. The molecule has 0 saturated carbocycles. The molecular formula is C12H10N2O. The fourth-order valence-electron chi connectivity index (χ4n) is 1.33. The lowest BCUT2D eigenvalue weighted by Gasteiger charge is -2.02. The third-order valence-corrected chi connectivity index (χ3v) is 2.14. The maximum absolute atomic E-state index is 11.3. The van der Waals surface area contributed by atoms with Crippen molar-refractivity contribution in [3.05, 3.63) is 61.2 Å². The summed E-state index contributed by atoms with van der Waals surface area (Å²) in [5.41, 5.74) is 1.63. The van der Waals surface area contributed by atoms with Gasteiger partial charge in [-0.25, -0.2) is 4.98 Å². The summed E-state index contributed by atoms with van der Waals surface area (Å²) in [5, 5.41) is 0. The van der Waals surface area contributed by atoms with Crippen LogP contribution in [-0.2, 0) is 0 Å². The van der Waals surface area contributed by atoms with E-state index in [1.807, 2.05) is 22.9 Å². The van der Waals surface area contributed by atoms with Gasteiger partial charge in [-0.1, -0.05) is 6.58 Å². The minimum absolute atomic E-state index is 0.0628. The maximum atomic E-state index is 11.3. The third-order valence-electron chi connectivity index (χ3n) is 2.14. The van der Waals surface area contributed by atoms with Crippen LogP contribution in [0.2, 0.25) is 0 Å². The summed E-state index contributed by atoms with van der Waals surface area (Å²) in [6.07, 6.45) is 6.59. The van der Waals surface area contributed by atoms with Crippen LogP contribution in [0.25, 0.3) is 5.69 Å². The van der Waals surface area contributed by atoms with E-state index in [1.54, 1.807) is 24.7 Å². The van der Waals surface area contributed by atoms with Crippen molar-refractivity contribution in [2.75, 3.05) is 0 Å². The van der Waals surface area contributed by atoms with Crippen LogP contribution in [0.3, 0.4) is 0 Å². The Bertz CT molecular complexity index is 469. The summed E-state index contributed by atoms with van der Waals surface area (Å²) in [4.78, 5) is 15.2. The number of rotatable bonds is 3. The highest BCUT2D eigenvalue weighted by Crippen LogP contribution is 2.09. The van der Waals surface area contributed by atoms with E-state index in [-0.39, 0.29) is 5.78 Å². The van der Waals surface area contributed by atoms with E-state index in [2.05, 4.69) is 11.6 Å². The van der Waals surface area contributed by atoms with Crippen molar-refractivity contribution >= 4 is 5.78 Å². The molecule has 0 spiro atoms. The first kappa shape index (κ1) is 9.40. The highest BCUT2D eigenvalue weighted by atomic mass is 16.1. The lowest BCUT2D eigenvalue weighted by molar-refractivity contribution is 0.104. The molecule has 0 fully saturated rings. The number of hydrogen-bond donors (Lipinski definition) is 0. The summed E-state index contributed by atoms with van der Waals surface area (Å²) >= 11 is 0. The van der Waals surface area contributed by atoms with Gasteiger partial charge < -0.3 is 4.57 Å². The SMILES string of the molecule is C=CC(=O)c1ccc(-n2ccnc2)cc1. The maximum Gasteiger partial charge on any atom is 0.185 e. The van der Waals surface area contributed by atoms with Gasteiger partial charge in [-0.15, -0.1) is 0 Å². The Balaban J connectivity index is 2.32. The first-order valence-corrected chi connectivity index (χ1v) is 4.56. The van der Waals surface area contributed by atoms with E-state index in [0.29, 0.717) is 5.56 Å². The number of carbonyl (C=O) groups is 1. The van der Waals surface area contributed by atoms with Crippen molar-refractivity contribution in [3.63, 3.8) is 0 Å². The van der Waals surface area contributed by atoms with E-state index in [9.17, 15) is 4.79 Å². The summed E-state index contributed by atoms with van der Waals surface area (Å²) in [5.74, 6) is -0.0628. The Kier molecular flexibility index (Phi) is 2.46. The molecule has 3 heteroatoms. The molecule has 0 aliphatic carbocycles. The zero-order chi connectivity index (χ0) is 10.7. The minimum atomic E-state index is -0.0628. The van der Waals surface area contributed by atoms with Crippen LogP contribution in [0.1, 0.15) is 10.4 Å². The number of ketones is 1. The second-order valence-electron chi connectivity index (χ2n) is 3.09. The molecule has 0 radical (unpaired) electrons. The Labute approximate surface area is 87.7 Å². The molecule has 15 heavy (non-hydrogen) atoms. The van der Waals surface area contributed by atoms with Crippen LogP contribution in [0.5, 0.6) is 0 Å². The number of allylic oxidation sites excluding steroid dienone is 1. The molecule has 1 aromatic carbocycles. The Morgan fingerprint density at radius 2 is 2.07 bits per heavy atom. The highest BCUT2D eigenvalue weighted by molar-refractivity contribution is 6.04. The van der Waals surface area contributed by atoms with E-state index in [0.717, 1.165) is 5.69 Å². The first-order chi connectivity index (χ1) is 7.31. The first-order valence-electron chi connectivity index (χ1n) is 4.56. The van der Waals surface area contributed by atoms with E-state index < -0.39 is 0 Å². The van der Waals surface area contributed by atoms with Gasteiger partial charge in [0.2, 0.25) is 0 Å². The lowest BCUT2D eigenvalue weighted by atomic mass is 10.1. The summed E-state index contributed by atoms with van der Waals surface area (Å²) in [7, 11) is 0. The van der Waals surface area contributed by atoms with Gasteiger partial charge in [0.05, 0.1) is 6.33 Å². The number of imidazole rings is 1. The molecule has 0 atom stereocenters. The monoisotopic (exact) mass is 198 g/mol.